The first-order valence-electron chi connectivity index (χ1n) is 4.05. The molecule has 76 valence electrons. The molecule has 1 aromatic carbocycles. The van der Waals surface area contributed by atoms with E-state index < -0.39 is 4.92 Å². The lowest BCUT2D eigenvalue weighted by Gasteiger charge is -2.04. The molecule has 0 fully saturated rings. The molecular formula is C9H11NO4. The minimum absolute atomic E-state index is 0.0585. The monoisotopic (exact) mass is 197 g/mol. The molecule has 0 heterocycles. The van der Waals surface area contributed by atoms with Crippen LogP contribution in [0.15, 0.2) is 18.2 Å². The number of benzene rings is 1. The summed E-state index contributed by atoms with van der Waals surface area (Å²) in [6.45, 7) is -0.169. The van der Waals surface area contributed by atoms with Crippen LogP contribution in [0.25, 0.3) is 0 Å². The van der Waals surface area contributed by atoms with Crippen molar-refractivity contribution in [2.45, 2.75) is 13.2 Å². The van der Waals surface area contributed by atoms with Crippen LogP contribution in [0.1, 0.15) is 11.1 Å². The van der Waals surface area contributed by atoms with Gasteiger partial charge in [0.25, 0.3) is 5.69 Å². The Morgan fingerprint density at radius 1 is 1.50 bits per heavy atom. The predicted molar refractivity (Wildman–Crippen MR) is 49.7 cm³/mol. The molecule has 5 heteroatoms. The summed E-state index contributed by atoms with van der Waals surface area (Å²) in [6.07, 6.45) is 0. The molecule has 5 nitrogen and oxygen atoms in total. The molecule has 0 aliphatic heterocycles. The average molecular weight is 197 g/mol. The second-order valence-corrected chi connectivity index (χ2v) is 2.77. The van der Waals surface area contributed by atoms with Gasteiger partial charge in [-0.3, -0.25) is 10.1 Å². The Balaban J connectivity index is 3.20. The molecule has 1 aromatic rings. The average Bonchev–Trinajstić information content (AvgIpc) is 2.17. The van der Waals surface area contributed by atoms with Crippen LogP contribution >= 0.6 is 0 Å². The Morgan fingerprint density at radius 2 is 2.14 bits per heavy atom. The first-order chi connectivity index (χ1) is 6.70. The maximum Gasteiger partial charge on any atom is 0.280 e. The van der Waals surface area contributed by atoms with Crippen molar-refractivity contribution in [3.8, 4) is 0 Å². The normalized spacial score (nSPS) is 10.1. The van der Waals surface area contributed by atoms with Gasteiger partial charge < -0.3 is 9.84 Å². The summed E-state index contributed by atoms with van der Waals surface area (Å²) < 4.78 is 4.83. The quantitative estimate of drug-likeness (QED) is 0.582. The number of nitro groups is 1. The van der Waals surface area contributed by atoms with Crippen molar-refractivity contribution in [3.05, 3.63) is 39.4 Å². The third-order valence-electron chi connectivity index (χ3n) is 1.86. The van der Waals surface area contributed by atoms with Crippen LogP contribution in [0.3, 0.4) is 0 Å². The molecule has 0 aliphatic rings. The largest absolute Gasteiger partial charge is 0.391 e. The fraction of sp³-hybridized carbons (Fsp3) is 0.333. The van der Waals surface area contributed by atoms with Gasteiger partial charge in [-0.05, 0) is 12.1 Å². The van der Waals surface area contributed by atoms with Gasteiger partial charge >= 0.3 is 0 Å². The number of aliphatic hydroxyl groups excluding tert-OH is 1. The van der Waals surface area contributed by atoms with E-state index in [0.717, 1.165) is 0 Å². The van der Waals surface area contributed by atoms with Crippen molar-refractivity contribution < 1.29 is 14.8 Å². The highest BCUT2D eigenvalue weighted by Crippen LogP contribution is 2.24. The fourth-order valence-electron chi connectivity index (χ4n) is 1.28. The van der Waals surface area contributed by atoms with Gasteiger partial charge in [0.05, 0.1) is 29.3 Å². The van der Waals surface area contributed by atoms with Gasteiger partial charge in [-0.1, -0.05) is 6.07 Å². The van der Waals surface area contributed by atoms with E-state index in [2.05, 4.69) is 0 Å². The molecule has 1 N–H and O–H groups in total. The third kappa shape index (κ3) is 2.07. The molecule has 0 saturated heterocycles. The number of methoxy groups -OCH3 is 1. The van der Waals surface area contributed by atoms with E-state index >= 15 is 0 Å². The number of nitrogens with zero attached hydrogens (tertiary/aromatic N) is 1. The van der Waals surface area contributed by atoms with Crippen molar-refractivity contribution in [2.75, 3.05) is 7.11 Å². The molecule has 0 unspecified atom stereocenters. The smallest absolute Gasteiger partial charge is 0.280 e. The number of hydrogen-bond donors (Lipinski definition) is 1. The number of para-hydroxylation sites is 1. The van der Waals surface area contributed by atoms with Gasteiger partial charge in [-0.15, -0.1) is 0 Å². The first-order valence-corrected chi connectivity index (χ1v) is 4.05. The zero-order valence-corrected chi connectivity index (χ0v) is 7.77. The van der Waals surface area contributed by atoms with Gasteiger partial charge in [0.2, 0.25) is 0 Å². The van der Waals surface area contributed by atoms with Crippen LogP contribution in [0.5, 0.6) is 0 Å². The second-order valence-electron chi connectivity index (χ2n) is 2.77. The van der Waals surface area contributed by atoms with Crippen LogP contribution in [0, 0.1) is 10.1 Å². The van der Waals surface area contributed by atoms with Crippen molar-refractivity contribution >= 4 is 5.69 Å². The summed E-state index contributed by atoms with van der Waals surface area (Å²) in [5, 5.41) is 19.6. The van der Waals surface area contributed by atoms with E-state index in [9.17, 15) is 10.1 Å². The molecular weight excluding hydrogens is 186 g/mol. The van der Waals surface area contributed by atoms with E-state index in [-0.39, 0.29) is 18.9 Å². The molecule has 0 bridgehead atoms. The van der Waals surface area contributed by atoms with Gasteiger partial charge in [0.15, 0.2) is 0 Å². The fourth-order valence-corrected chi connectivity index (χ4v) is 1.28. The van der Waals surface area contributed by atoms with Gasteiger partial charge in [-0.2, -0.15) is 0 Å². The number of ether oxygens (including phenoxy) is 1. The highest BCUT2D eigenvalue weighted by Gasteiger charge is 2.18. The zero-order valence-electron chi connectivity index (χ0n) is 7.77. The van der Waals surface area contributed by atoms with Crippen molar-refractivity contribution in [3.63, 3.8) is 0 Å². The molecule has 0 atom stereocenters. The standard InChI is InChI=1S/C9H11NO4/c1-14-6-8-4-2-3-7(5-11)9(8)10(12)13/h2-4,11H,5-6H2,1H3. The maximum atomic E-state index is 10.7. The highest BCUT2D eigenvalue weighted by atomic mass is 16.6. The Kier molecular flexibility index (Phi) is 3.55. The Hall–Kier alpha value is -1.46. The van der Waals surface area contributed by atoms with Crippen LogP contribution in [0.4, 0.5) is 5.69 Å². The predicted octanol–water partition coefficient (Wildman–Crippen LogP) is 1.23. The second kappa shape index (κ2) is 4.69. The molecule has 14 heavy (non-hydrogen) atoms. The topological polar surface area (TPSA) is 72.6 Å². The summed E-state index contributed by atoms with van der Waals surface area (Å²) in [7, 11) is 1.47. The highest BCUT2D eigenvalue weighted by molar-refractivity contribution is 5.47. The molecule has 0 amide bonds. The minimum Gasteiger partial charge on any atom is -0.391 e. The summed E-state index contributed by atoms with van der Waals surface area (Å²) in [5.74, 6) is 0. The first kappa shape index (κ1) is 10.6. The van der Waals surface area contributed by atoms with Gasteiger partial charge in [0.1, 0.15) is 0 Å². The van der Waals surface area contributed by atoms with Crippen molar-refractivity contribution in [1.82, 2.24) is 0 Å². The Labute approximate surface area is 81.1 Å². The molecule has 0 saturated carbocycles. The number of nitro benzene ring substituents is 1. The molecule has 0 aliphatic carbocycles. The number of hydrogen-bond acceptors (Lipinski definition) is 4. The summed E-state index contributed by atoms with van der Waals surface area (Å²) in [6, 6.07) is 4.80. The van der Waals surface area contributed by atoms with E-state index in [0.29, 0.717) is 11.1 Å². The summed E-state index contributed by atoms with van der Waals surface area (Å²) >= 11 is 0. The molecule has 0 aromatic heterocycles. The number of aliphatic hydroxyl groups is 1. The molecule has 1 rings (SSSR count). The lowest BCUT2D eigenvalue weighted by molar-refractivity contribution is -0.386. The van der Waals surface area contributed by atoms with Crippen LogP contribution < -0.4 is 0 Å². The summed E-state index contributed by atoms with van der Waals surface area (Å²) in [5.41, 5.74) is 0.727. The lowest BCUT2D eigenvalue weighted by Crippen LogP contribution is -2.01. The molecule has 0 spiro atoms. The van der Waals surface area contributed by atoms with Crippen LogP contribution in [-0.4, -0.2) is 17.1 Å². The lowest BCUT2D eigenvalue weighted by atomic mass is 10.1. The molecule has 0 radical (unpaired) electrons. The Morgan fingerprint density at radius 3 is 2.64 bits per heavy atom. The summed E-state index contributed by atoms with van der Waals surface area (Å²) in [4.78, 5) is 10.2. The van der Waals surface area contributed by atoms with Crippen LogP contribution in [0.2, 0.25) is 0 Å². The van der Waals surface area contributed by atoms with E-state index in [1.807, 2.05) is 0 Å². The van der Waals surface area contributed by atoms with E-state index in [1.165, 1.54) is 13.2 Å². The van der Waals surface area contributed by atoms with Gasteiger partial charge in [0, 0.05) is 7.11 Å². The zero-order chi connectivity index (χ0) is 10.6. The SMILES string of the molecule is COCc1cccc(CO)c1[N+](=O)[O-]. The maximum absolute atomic E-state index is 10.7. The van der Waals surface area contributed by atoms with Gasteiger partial charge in [-0.25, -0.2) is 0 Å². The van der Waals surface area contributed by atoms with Crippen molar-refractivity contribution in [2.24, 2.45) is 0 Å². The van der Waals surface area contributed by atoms with Crippen LogP contribution in [-0.2, 0) is 18.0 Å². The van der Waals surface area contributed by atoms with E-state index in [1.54, 1.807) is 12.1 Å². The number of rotatable bonds is 4. The Bertz CT molecular complexity index is 338. The van der Waals surface area contributed by atoms with Crippen molar-refractivity contribution in [1.29, 1.82) is 0 Å². The third-order valence-corrected chi connectivity index (χ3v) is 1.86. The van der Waals surface area contributed by atoms with E-state index in [4.69, 9.17) is 9.84 Å². The minimum atomic E-state index is -0.500.